The zero-order valence-corrected chi connectivity index (χ0v) is 10.9. The van der Waals surface area contributed by atoms with Crippen LogP contribution in [0.2, 0.25) is 0 Å². The molecule has 1 heterocycles. The van der Waals surface area contributed by atoms with Crippen molar-refractivity contribution < 1.29 is 0 Å². The third kappa shape index (κ3) is 4.51. The SMILES string of the molecule is CNCC1CCN(CCC(C)(C)C#N)CC1. The standard InChI is InChI=1S/C13H25N3/c1-13(2,11-14)6-9-16-7-4-12(5-8-16)10-15-3/h12,15H,4-10H2,1-3H3. The van der Waals surface area contributed by atoms with E-state index >= 15 is 0 Å². The summed E-state index contributed by atoms with van der Waals surface area (Å²) in [7, 11) is 2.03. The second kappa shape index (κ2) is 6.22. The average molecular weight is 223 g/mol. The van der Waals surface area contributed by atoms with Gasteiger partial charge in [0.05, 0.1) is 11.5 Å². The zero-order chi connectivity index (χ0) is 12.0. The summed E-state index contributed by atoms with van der Waals surface area (Å²) in [5, 5.41) is 12.2. The summed E-state index contributed by atoms with van der Waals surface area (Å²) in [5.41, 5.74) is -0.165. The van der Waals surface area contributed by atoms with Gasteiger partial charge in [-0.1, -0.05) is 0 Å². The minimum atomic E-state index is -0.165. The molecule has 1 aliphatic rings. The minimum absolute atomic E-state index is 0.165. The van der Waals surface area contributed by atoms with Crippen molar-refractivity contribution in [3.8, 4) is 6.07 Å². The maximum atomic E-state index is 8.96. The molecule has 0 amide bonds. The van der Waals surface area contributed by atoms with Gasteiger partial charge in [-0.25, -0.2) is 0 Å². The van der Waals surface area contributed by atoms with E-state index in [0.717, 1.165) is 25.4 Å². The Morgan fingerprint density at radius 2 is 2.00 bits per heavy atom. The predicted molar refractivity (Wildman–Crippen MR) is 67.1 cm³/mol. The quantitative estimate of drug-likeness (QED) is 0.773. The lowest BCUT2D eigenvalue weighted by Gasteiger charge is -2.33. The highest BCUT2D eigenvalue weighted by atomic mass is 15.1. The largest absolute Gasteiger partial charge is 0.319 e. The van der Waals surface area contributed by atoms with Crippen LogP contribution in [0.25, 0.3) is 0 Å². The zero-order valence-electron chi connectivity index (χ0n) is 10.9. The van der Waals surface area contributed by atoms with E-state index in [9.17, 15) is 0 Å². The summed E-state index contributed by atoms with van der Waals surface area (Å²) in [6.45, 7) is 8.69. The first-order valence-electron chi connectivity index (χ1n) is 6.35. The number of nitrogens with zero attached hydrogens (tertiary/aromatic N) is 2. The number of hydrogen-bond acceptors (Lipinski definition) is 3. The van der Waals surface area contributed by atoms with Crippen molar-refractivity contribution in [2.24, 2.45) is 11.3 Å². The van der Waals surface area contributed by atoms with E-state index in [1.807, 2.05) is 20.9 Å². The fourth-order valence-electron chi connectivity index (χ4n) is 2.20. The molecular formula is C13H25N3. The van der Waals surface area contributed by atoms with Gasteiger partial charge in [0, 0.05) is 0 Å². The summed E-state index contributed by atoms with van der Waals surface area (Å²) in [6, 6.07) is 2.37. The Kier molecular flexibility index (Phi) is 5.24. The van der Waals surface area contributed by atoms with Crippen molar-refractivity contribution in [3.05, 3.63) is 0 Å². The van der Waals surface area contributed by atoms with Gasteiger partial charge in [-0.05, 0) is 72.3 Å². The number of likely N-dealkylation sites (tertiary alicyclic amines) is 1. The van der Waals surface area contributed by atoms with Gasteiger partial charge in [0.15, 0.2) is 0 Å². The molecule has 0 spiro atoms. The number of rotatable bonds is 5. The van der Waals surface area contributed by atoms with Gasteiger partial charge in [-0.3, -0.25) is 0 Å². The smallest absolute Gasteiger partial charge is 0.0684 e. The molecule has 0 bridgehead atoms. The average Bonchev–Trinajstić information content (AvgIpc) is 2.29. The van der Waals surface area contributed by atoms with E-state index in [4.69, 9.17) is 5.26 Å². The van der Waals surface area contributed by atoms with Crippen molar-refractivity contribution in [1.82, 2.24) is 10.2 Å². The Balaban J connectivity index is 2.20. The van der Waals surface area contributed by atoms with E-state index in [-0.39, 0.29) is 5.41 Å². The third-order valence-electron chi connectivity index (χ3n) is 3.56. The van der Waals surface area contributed by atoms with Crippen LogP contribution in [0.3, 0.4) is 0 Å². The second-order valence-corrected chi connectivity index (χ2v) is 5.59. The Bertz CT molecular complexity index is 234. The van der Waals surface area contributed by atoms with Crippen LogP contribution in [0.5, 0.6) is 0 Å². The number of piperidine rings is 1. The summed E-state index contributed by atoms with van der Waals surface area (Å²) < 4.78 is 0. The maximum Gasteiger partial charge on any atom is 0.0684 e. The maximum absolute atomic E-state index is 8.96. The lowest BCUT2D eigenvalue weighted by atomic mass is 9.90. The molecule has 92 valence electrons. The molecule has 1 aliphatic heterocycles. The van der Waals surface area contributed by atoms with Gasteiger partial charge in [0.25, 0.3) is 0 Å². The first-order valence-corrected chi connectivity index (χ1v) is 6.35. The van der Waals surface area contributed by atoms with E-state index in [1.54, 1.807) is 0 Å². The van der Waals surface area contributed by atoms with E-state index in [1.165, 1.54) is 25.9 Å². The molecule has 3 heteroatoms. The molecule has 0 aromatic carbocycles. The highest BCUT2D eigenvalue weighted by Gasteiger charge is 2.22. The van der Waals surface area contributed by atoms with Crippen LogP contribution in [-0.4, -0.2) is 38.1 Å². The van der Waals surface area contributed by atoms with Gasteiger partial charge in [0.1, 0.15) is 0 Å². The molecule has 1 fully saturated rings. The number of nitriles is 1. The second-order valence-electron chi connectivity index (χ2n) is 5.59. The molecule has 0 aromatic rings. The topological polar surface area (TPSA) is 39.1 Å². The van der Waals surface area contributed by atoms with E-state index in [2.05, 4.69) is 16.3 Å². The molecule has 1 rings (SSSR count). The van der Waals surface area contributed by atoms with E-state index < -0.39 is 0 Å². The first-order chi connectivity index (χ1) is 7.57. The molecule has 0 aliphatic carbocycles. The third-order valence-corrected chi connectivity index (χ3v) is 3.56. The molecule has 0 atom stereocenters. The fraction of sp³-hybridized carbons (Fsp3) is 0.923. The lowest BCUT2D eigenvalue weighted by molar-refractivity contribution is 0.169. The Hall–Kier alpha value is -0.590. The summed E-state index contributed by atoms with van der Waals surface area (Å²) in [4.78, 5) is 2.51. The molecule has 0 unspecified atom stereocenters. The van der Waals surface area contributed by atoms with E-state index in [0.29, 0.717) is 0 Å². The van der Waals surface area contributed by atoms with Gasteiger partial charge >= 0.3 is 0 Å². The van der Waals surface area contributed by atoms with Crippen LogP contribution in [0.4, 0.5) is 0 Å². The highest BCUT2D eigenvalue weighted by molar-refractivity contribution is 4.92. The van der Waals surface area contributed by atoms with Crippen molar-refractivity contribution >= 4 is 0 Å². The molecule has 3 nitrogen and oxygen atoms in total. The Morgan fingerprint density at radius 3 is 2.50 bits per heavy atom. The summed E-state index contributed by atoms with van der Waals surface area (Å²) in [6.07, 6.45) is 3.59. The molecule has 0 saturated carbocycles. The van der Waals surface area contributed by atoms with Gasteiger partial charge in [-0.2, -0.15) is 5.26 Å². The van der Waals surface area contributed by atoms with Crippen LogP contribution in [0.1, 0.15) is 33.1 Å². The molecule has 1 N–H and O–H groups in total. The first kappa shape index (κ1) is 13.5. The van der Waals surface area contributed by atoms with Crippen LogP contribution in [0.15, 0.2) is 0 Å². The molecule has 16 heavy (non-hydrogen) atoms. The van der Waals surface area contributed by atoms with Crippen LogP contribution >= 0.6 is 0 Å². The Morgan fingerprint density at radius 1 is 1.38 bits per heavy atom. The number of hydrogen-bond donors (Lipinski definition) is 1. The van der Waals surface area contributed by atoms with Gasteiger partial charge < -0.3 is 10.2 Å². The van der Waals surface area contributed by atoms with Crippen LogP contribution < -0.4 is 5.32 Å². The lowest BCUT2D eigenvalue weighted by Crippen LogP contribution is -2.38. The van der Waals surface area contributed by atoms with Crippen LogP contribution in [-0.2, 0) is 0 Å². The van der Waals surface area contributed by atoms with Crippen molar-refractivity contribution in [2.75, 3.05) is 33.2 Å². The minimum Gasteiger partial charge on any atom is -0.319 e. The summed E-state index contributed by atoms with van der Waals surface area (Å²) in [5.74, 6) is 0.852. The van der Waals surface area contributed by atoms with Crippen molar-refractivity contribution in [3.63, 3.8) is 0 Å². The normalized spacial score (nSPS) is 19.6. The monoisotopic (exact) mass is 223 g/mol. The van der Waals surface area contributed by atoms with Gasteiger partial charge in [0.2, 0.25) is 0 Å². The molecular weight excluding hydrogens is 198 g/mol. The fourth-order valence-corrected chi connectivity index (χ4v) is 2.20. The number of nitrogens with one attached hydrogen (secondary N) is 1. The van der Waals surface area contributed by atoms with Gasteiger partial charge in [-0.15, -0.1) is 0 Å². The molecule has 0 radical (unpaired) electrons. The van der Waals surface area contributed by atoms with Crippen molar-refractivity contribution in [1.29, 1.82) is 5.26 Å². The van der Waals surface area contributed by atoms with Crippen molar-refractivity contribution in [2.45, 2.75) is 33.1 Å². The summed E-state index contributed by atoms with van der Waals surface area (Å²) >= 11 is 0. The predicted octanol–water partition coefficient (Wildman–Crippen LogP) is 1.86. The highest BCUT2D eigenvalue weighted by Crippen LogP contribution is 2.22. The Labute approximate surface area is 99.8 Å². The molecule has 1 saturated heterocycles. The molecule has 0 aromatic heterocycles. The van der Waals surface area contributed by atoms with Crippen LogP contribution in [0, 0.1) is 22.7 Å².